The average molecular weight is 410 g/mol. The summed E-state index contributed by atoms with van der Waals surface area (Å²) >= 11 is 0. The molecule has 6 heteroatoms. The third-order valence-corrected chi connectivity index (χ3v) is 5.91. The Balaban J connectivity index is 1.63. The van der Waals surface area contributed by atoms with E-state index in [1.807, 2.05) is 6.07 Å². The average Bonchev–Trinajstić information content (AvgIpc) is 3.05. The number of rotatable bonds is 5. The first-order valence-corrected chi connectivity index (χ1v) is 10.3. The smallest absolute Gasteiger partial charge is 0.231 e. The number of ether oxygens (including phenoxy) is 3. The molecule has 158 valence electrons. The molecule has 1 unspecified atom stereocenters. The topological polar surface area (TPSA) is 69.4 Å². The first kappa shape index (κ1) is 20.3. The van der Waals surface area contributed by atoms with Gasteiger partial charge in [-0.3, -0.25) is 4.79 Å². The highest BCUT2D eigenvalue weighted by Gasteiger charge is 2.33. The second-order valence-electron chi connectivity index (χ2n) is 8.12. The van der Waals surface area contributed by atoms with E-state index in [9.17, 15) is 9.90 Å². The molecule has 1 saturated heterocycles. The maximum Gasteiger partial charge on any atom is 0.231 e. The number of piperidine rings is 1. The van der Waals surface area contributed by atoms with Crippen LogP contribution in [0.5, 0.6) is 23.0 Å². The van der Waals surface area contributed by atoms with Gasteiger partial charge in [0.25, 0.3) is 0 Å². The van der Waals surface area contributed by atoms with Crippen LogP contribution in [0.15, 0.2) is 36.1 Å². The Bertz CT molecular complexity index is 997. The van der Waals surface area contributed by atoms with Crippen molar-refractivity contribution in [2.24, 2.45) is 5.92 Å². The Morgan fingerprint density at radius 1 is 1.20 bits per heavy atom. The Morgan fingerprint density at radius 3 is 2.73 bits per heavy atom. The highest BCUT2D eigenvalue weighted by molar-refractivity contribution is 6.15. The van der Waals surface area contributed by atoms with Crippen LogP contribution in [0, 0.1) is 5.92 Å². The van der Waals surface area contributed by atoms with Crippen LogP contribution in [-0.2, 0) is 6.54 Å². The molecule has 4 rings (SSSR count). The molecule has 2 heterocycles. The highest BCUT2D eigenvalue weighted by Crippen LogP contribution is 2.39. The van der Waals surface area contributed by atoms with Gasteiger partial charge >= 0.3 is 0 Å². The minimum Gasteiger partial charge on any atom is -0.507 e. The molecule has 0 aromatic heterocycles. The summed E-state index contributed by atoms with van der Waals surface area (Å²) < 4.78 is 16.6. The van der Waals surface area contributed by atoms with Crippen molar-refractivity contribution in [1.82, 2.24) is 0 Å². The SMILES string of the molecule is COc1ccc(/C=C2\Oc3c(ccc(O)c3C[NH+]3CCC[C@H](C)C3)C2=O)cc1OC. The number of hydrogen-bond donors (Lipinski definition) is 2. The lowest BCUT2D eigenvalue weighted by molar-refractivity contribution is -0.922. The first-order valence-electron chi connectivity index (χ1n) is 10.3. The van der Waals surface area contributed by atoms with Gasteiger partial charge in [0.15, 0.2) is 23.0 Å². The van der Waals surface area contributed by atoms with E-state index in [0.717, 1.165) is 18.7 Å². The number of ketones is 1. The molecule has 2 atom stereocenters. The van der Waals surface area contributed by atoms with Gasteiger partial charge in [-0.2, -0.15) is 0 Å². The molecule has 0 aliphatic carbocycles. The number of phenols is 1. The zero-order chi connectivity index (χ0) is 21.3. The van der Waals surface area contributed by atoms with E-state index < -0.39 is 0 Å². The van der Waals surface area contributed by atoms with Crippen LogP contribution in [0.1, 0.15) is 41.3 Å². The van der Waals surface area contributed by atoms with E-state index in [-0.39, 0.29) is 17.3 Å². The molecule has 2 N–H and O–H groups in total. The predicted octanol–water partition coefficient (Wildman–Crippen LogP) is 2.84. The number of phenolic OH excluding ortho intramolecular Hbond substituents is 1. The number of nitrogens with one attached hydrogen (secondary N) is 1. The van der Waals surface area contributed by atoms with E-state index in [0.29, 0.717) is 40.8 Å². The Hall–Kier alpha value is -2.99. The van der Waals surface area contributed by atoms with Crippen LogP contribution in [0.2, 0.25) is 0 Å². The Morgan fingerprint density at radius 2 is 2.00 bits per heavy atom. The number of quaternary nitrogens is 1. The monoisotopic (exact) mass is 410 g/mol. The summed E-state index contributed by atoms with van der Waals surface area (Å²) in [6, 6.07) is 8.66. The van der Waals surface area contributed by atoms with Crippen LogP contribution < -0.4 is 19.1 Å². The van der Waals surface area contributed by atoms with Crippen molar-refractivity contribution in [1.29, 1.82) is 0 Å². The Kier molecular flexibility index (Phi) is 5.68. The van der Waals surface area contributed by atoms with Gasteiger partial charge in [0.2, 0.25) is 5.78 Å². The molecule has 2 aromatic rings. The molecular weight excluding hydrogens is 382 g/mol. The normalized spacial score (nSPS) is 22.0. The van der Waals surface area contributed by atoms with E-state index in [4.69, 9.17) is 14.2 Å². The third kappa shape index (κ3) is 3.87. The molecule has 0 radical (unpaired) electrons. The van der Waals surface area contributed by atoms with Gasteiger partial charge in [-0.25, -0.2) is 0 Å². The number of methoxy groups -OCH3 is 2. The molecule has 2 aliphatic rings. The highest BCUT2D eigenvalue weighted by atomic mass is 16.5. The number of carbonyl (C=O) groups excluding carboxylic acids is 1. The van der Waals surface area contributed by atoms with Crippen molar-refractivity contribution < 1.29 is 29.0 Å². The van der Waals surface area contributed by atoms with Crippen molar-refractivity contribution in [3.63, 3.8) is 0 Å². The Labute approximate surface area is 176 Å². The molecule has 2 aromatic carbocycles. The molecule has 2 aliphatic heterocycles. The second kappa shape index (κ2) is 8.40. The lowest BCUT2D eigenvalue weighted by Gasteiger charge is -2.28. The van der Waals surface area contributed by atoms with Gasteiger partial charge in [0, 0.05) is 5.92 Å². The number of carbonyl (C=O) groups is 1. The van der Waals surface area contributed by atoms with Crippen LogP contribution in [-0.4, -0.2) is 38.2 Å². The summed E-state index contributed by atoms with van der Waals surface area (Å²) in [4.78, 5) is 14.4. The molecule has 1 fully saturated rings. The third-order valence-electron chi connectivity index (χ3n) is 5.91. The van der Waals surface area contributed by atoms with Crippen molar-refractivity contribution in [2.45, 2.75) is 26.3 Å². The van der Waals surface area contributed by atoms with E-state index in [2.05, 4.69) is 6.92 Å². The number of allylic oxidation sites excluding steroid dienone is 1. The summed E-state index contributed by atoms with van der Waals surface area (Å²) in [6.07, 6.45) is 4.12. The number of fused-ring (bicyclic) bond motifs is 1. The number of likely N-dealkylation sites (tertiary alicyclic amines) is 1. The van der Waals surface area contributed by atoms with Crippen molar-refractivity contribution in [2.75, 3.05) is 27.3 Å². The van der Waals surface area contributed by atoms with Crippen LogP contribution in [0.25, 0.3) is 6.08 Å². The van der Waals surface area contributed by atoms with Gasteiger partial charge < -0.3 is 24.2 Å². The molecule has 0 spiro atoms. The standard InChI is InChI=1S/C24H27NO5/c1-15-5-4-10-25(13-15)14-18-19(26)8-7-17-23(27)22(30-24(17)18)12-16-6-9-20(28-2)21(11-16)29-3/h6-9,11-12,15,26H,4-5,10,13-14H2,1-3H3/p+1/b22-12-/t15-/m0/s1. The molecule has 30 heavy (non-hydrogen) atoms. The molecule has 0 bridgehead atoms. The van der Waals surface area contributed by atoms with Gasteiger partial charge in [0.05, 0.1) is 38.4 Å². The van der Waals surface area contributed by atoms with Crippen molar-refractivity contribution in [3.05, 3.63) is 52.8 Å². The summed E-state index contributed by atoms with van der Waals surface area (Å²) in [5, 5.41) is 10.5. The molecule has 6 nitrogen and oxygen atoms in total. The predicted molar refractivity (Wildman–Crippen MR) is 113 cm³/mol. The first-order chi connectivity index (χ1) is 14.5. The quantitative estimate of drug-likeness (QED) is 0.742. The number of benzene rings is 2. The maximum absolute atomic E-state index is 12.9. The zero-order valence-corrected chi connectivity index (χ0v) is 17.7. The molecule has 0 amide bonds. The summed E-state index contributed by atoms with van der Waals surface area (Å²) in [7, 11) is 3.15. The van der Waals surface area contributed by atoms with Gasteiger partial charge in [-0.1, -0.05) is 13.0 Å². The summed E-state index contributed by atoms with van der Waals surface area (Å²) in [5.41, 5.74) is 1.98. The minimum atomic E-state index is -0.178. The second-order valence-corrected chi connectivity index (χ2v) is 8.12. The summed E-state index contributed by atoms with van der Waals surface area (Å²) in [5.74, 6) is 2.59. The van der Waals surface area contributed by atoms with Crippen LogP contribution >= 0.6 is 0 Å². The van der Waals surface area contributed by atoms with E-state index in [1.165, 1.54) is 17.7 Å². The van der Waals surface area contributed by atoms with E-state index >= 15 is 0 Å². The maximum atomic E-state index is 12.9. The number of Topliss-reactive ketones (excluding diaryl/α,β-unsaturated/α-hetero) is 1. The molecular formula is C24H28NO5+. The van der Waals surface area contributed by atoms with E-state index in [1.54, 1.807) is 44.6 Å². The van der Waals surface area contributed by atoms with Crippen LogP contribution in [0.3, 0.4) is 0 Å². The fourth-order valence-corrected chi connectivity index (χ4v) is 4.37. The van der Waals surface area contributed by atoms with Crippen molar-refractivity contribution in [3.8, 4) is 23.0 Å². The fraction of sp³-hybridized carbons (Fsp3) is 0.375. The number of aromatic hydroxyl groups is 1. The lowest BCUT2D eigenvalue weighted by atomic mass is 9.99. The zero-order valence-electron chi connectivity index (χ0n) is 17.7. The summed E-state index contributed by atoms with van der Waals surface area (Å²) in [6.45, 7) is 5.04. The largest absolute Gasteiger partial charge is 0.507 e. The molecule has 0 saturated carbocycles. The van der Waals surface area contributed by atoms with Gasteiger partial charge in [0.1, 0.15) is 12.3 Å². The fourth-order valence-electron chi connectivity index (χ4n) is 4.37. The van der Waals surface area contributed by atoms with Crippen molar-refractivity contribution >= 4 is 11.9 Å². The lowest BCUT2D eigenvalue weighted by Crippen LogP contribution is -3.12. The minimum absolute atomic E-state index is 0.178. The number of hydrogen-bond acceptors (Lipinski definition) is 5. The van der Waals surface area contributed by atoms with Crippen LogP contribution in [0.4, 0.5) is 0 Å². The van der Waals surface area contributed by atoms with Gasteiger partial charge in [-0.05, 0) is 48.7 Å². The van der Waals surface area contributed by atoms with Gasteiger partial charge in [-0.15, -0.1) is 0 Å².